The number of alkyl halides is 2. The Bertz CT molecular complexity index is 675. The first-order chi connectivity index (χ1) is 9.83. The van der Waals surface area contributed by atoms with Gasteiger partial charge in [0.25, 0.3) is 5.91 Å². The van der Waals surface area contributed by atoms with Crippen LogP contribution in [0.5, 0.6) is 0 Å². The number of carbonyl (C=O) groups excluding carboxylic acids is 1. The molecule has 0 aliphatic heterocycles. The number of hydrogen-bond acceptors (Lipinski definition) is 4. The Hall–Kier alpha value is -2.06. The number of benzene rings is 1. The molecule has 6 nitrogen and oxygen atoms in total. The van der Waals surface area contributed by atoms with Gasteiger partial charge in [0.05, 0.1) is 6.20 Å². The summed E-state index contributed by atoms with van der Waals surface area (Å²) >= 11 is 5.92. The van der Waals surface area contributed by atoms with Gasteiger partial charge in [-0.3, -0.25) is 4.79 Å². The first-order valence-corrected chi connectivity index (χ1v) is 6.20. The van der Waals surface area contributed by atoms with Crippen LogP contribution in [0.25, 0.3) is 0 Å². The van der Waals surface area contributed by atoms with E-state index in [1.807, 2.05) is 0 Å². The van der Waals surface area contributed by atoms with E-state index in [0.717, 1.165) is 11.8 Å². The highest BCUT2D eigenvalue weighted by Gasteiger charge is 2.32. The van der Waals surface area contributed by atoms with Crippen molar-refractivity contribution in [3.05, 3.63) is 40.7 Å². The molecule has 0 atom stereocenters. The monoisotopic (exact) mass is 316 g/mol. The molecule has 0 saturated heterocycles. The smallest absolute Gasteiger partial charge is 0.367 e. The molecule has 1 amide bonds. The van der Waals surface area contributed by atoms with Gasteiger partial charge in [-0.15, -0.1) is 5.10 Å². The summed E-state index contributed by atoms with van der Waals surface area (Å²) in [5.41, 5.74) is 0.932. The van der Waals surface area contributed by atoms with E-state index >= 15 is 0 Å². The largest absolute Gasteiger partial charge is 0.388 e. The molecule has 21 heavy (non-hydrogen) atoms. The second-order valence-corrected chi connectivity index (χ2v) is 4.70. The van der Waals surface area contributed by atoms with Crippen LogP contribution in [0.3, 0.4) is 0 Å². The standard InChI is InChI=1S/C12H11ClF2N4O2/c1-7-2-3-8(4-9(7)13)16-11(21)10-5-19(18-17-10)12(14,15)6-20/h2-5,20H,6H2,1H3,(H,16,21). The number of nitrogens with zero attached hydrogens (tertiary/aromatic N) is 3. The Morgan fingerprint density at radius 2 is 2.24 bits per heavy atom. The zero-order valence-electron chi connectivity index (χ0n) is 10.8. The zero-order valence-corrected chi connectivity index (χ0v) is 11.6. The van der Waals surface area contributed by atoms with Crippen LogP contribution >= 0.6 is 11.6 Å². The van der Waals surface area contributed by atoms with Gasteiger partial charge in [-0.2, -0.15) is 13.5 Å². The summed E-state index contributed by atoms with van der Waals surface area (Å²) in [4.78, 5) is 11.9. The normalized spacial score (nSPS) is 11.5. The number of nitrogens with one attached hydrogen (secondary N) is 1. The highest BCUT2D eigenvalue weighted by atomic mass is 35.5. The Kier molecular flexibility index (Phi) is 4.19. The van der Waals surface area contributed by atoms with Crippen LogP contribution in [0.4, 0.5) is 14.5 Å². The molecule has 112 valence electrons. The lowest BCUT2D eigenvalue weighted by atomic mass is 10.2. The van der Waals surface area contributed by atoms with Crippen LogP contribution in [0, 0.1) is 6.92 Å². The molecule has 0 aliphatic rings. The molecule has 0 fully saturated rings. The lowest BCUT2D eigenvalue weighted by Crippen LogP contribution is -2.27. The minimum atomic E-state index is -3.61. The number of anilines is 1. The Morgan fingerprint density at radius 3 is 2.86 bits per heavy atom. The average molecular weight is 317 g/mol. The summed E-state index contributed by atoms with van der Waals surface area (Å²) in [5, 5.41) is 17.9. The SMILES string of the molecule is Cc1ccc(NC(=O)c2cn(C(F)(F)CO)nn2)cc1Cl. The second kappa shape index (κ2) is 5.74. The lowest BCUT2D eigenvalue weighted by Gasteiger charge is -2.11. The van der Waals surface area contributed by atoms with E-state index in [9.17, 15) is 13.6 Å². The third-order valence-corrected chi connectivity index (χ3v) is 3.09. The van der Waals surface area contributed by atoms with Crippen molar-refractivity contribution in [2.45, 2.75) is 13.0 Å². The molecular formula is C12H11ClF2N4O2. The molecule has 0 aliphatic carbocycles. The van der Waals surface area contributed by atoms with Gasteiger partial charge in [0.2, 0.25) is 0 Å². The van der Waals surface area contributed by atoms with Gasteiger partial charge in [0.15, 0.2) is 5.69 Å². The summed E-state index contributed by atoms with van der Waals surface area (Å²) in [6.07, 6.45) is 0.751. The lowest BCUT2D eigenvalue weighted by molar-refractivity contribution is -0.131. The van der Waals surface area contributed by atoms with Gasteiger partial charge in [0, 0.05) is 10.7 Å². The third-order valence-electron chi connectivity index (χ3n) is 2.68. The van der Waals surface area contributed by atoms with Gasteiger partial charge in [-0.1, -0.05) is 22.9 Å². The van der Waals surface area contributed by atoms with Crippen molar-refractivity contribution in [3.63, 3.8) is 0 Å². The minimum absolute atomic E-state index is 0.129. The van der Waals surface area contributed by atoms with Crippen LogP contribution < -0.4 is 5.32 Å². The molecule has 0 spiro atoms. The molecule has 0 unspecified atom stereocenters. The summed E-state index contributed by atoms with van der Waals surface area (Å²) in [6, 6.07) is 1.24. The molecule has 2 aromatic rings. The van der Waals surface area contributed by atoms with E-state index in [4.69, 9.17) is 16.7 Å². The van der Waals surface area contributed by atoms with Crippen LogP contribution in [0.2, 0.25) is 5.02 Å². The number of amides is 1. The topological polar surface area (TPSA) is 80.0 Å². The summed E-state index contributed by atoms with van der Waals surface area (Å²) < 4.78 is 26.4. The molecule has 1 aromatic heterocycles. The molecule has 9 heteroatoms. The Labute approximate surface area is 123 Å². The van der Waals surface area contributed by atoms with Gasteiger partial charge in [0.1, 0.15) is 6.61 Å². The van der Waals surface area contributed by atoms with E-state index in [1.165, 1.54) is 6.07 Å². The Morgan fingerprint density at radius 1 is 1.52 bits per heavy atom. The molecule has 2 rings (SSSR count). The van der Waals surface area contributed by atoms with Gasteiger partial charge < -0.3 is 10.4 Å². The van der Waals surface area contributed by atoms with Crippen molar-refractivity contribution >= 4 is 23.2 Å². The summed E-state index contributed by atoms with van der Waals surface area (Å²) in [5.74, 6) is -0.713. The molecule has 2 N–H and O–H groups in total. The Balaban J connectivity index is 2.15. The van der Waals surface area contributed by atoms with Crippen molar-refractivity contribution in [1.82, 2.24) is 15.0 Å². The number of carbonyl (C=O) groups is 1. The molecule has 0 bridgehead atoms. The maximum atomic E-state index is 13.1. The predicted molar refractivity (Wildman–Crippen MR) is 71.4 cm³/mol. The maximum absolute atomic E-state index is 13.1. The minimum Gasteiger partial charge on any atom is -0.388 e. The molecule has 1 heterocycles. The fraction of sp³-hybridized carbons (Fsp3) is 0.250. The number of rotatable bonds is 4. The van der Waals surface area contributed by atoms with Crippen molar-refractivity contribution in [3.8, 4) is 0 Å². The zero-order chi connectivity index (χ0) is 15.6. The van der Waals surface area contributed by atoms with Crippen molar-refractivity contribution in [2.75, 3.05) is 11.9 Å². The summed E-state index contributed by atoms with van der Waals surface area (Å²) in [7, 11) is 0. The molecule has 0 radical (unpaired) electrons. The second-order valence-electron chi connectivity index (χ2n) is 4.29. The molecular weight excluding hydrogens is 306 g/mol. The highest BCUT2D eigenvalue weighted by Crippen LogP contribution is 2.21. The van der Waals surface area contributed by atoms with Gasteiger partial charge in [-0.05, 0) is 24.6 Å². The number of halogens is 3. The number of aryl methyl sites for hydroxylation is 1. The summed E-state index contributed by atoms with van der Waals surface area (Å²) in [6.45, 7) is 0.363. The fourth-order valence-corrected chi connectivity index (χ4v) is 1.65. The van der Waals surface area contributed by atoms with Crippen LogP contribution in [0.15, 0.2) is 24.4 Å². The predicted octanol–water partition coefficient (Wildman–Crippen LogP) is 2.03. The van der Waals surface area contributed by atoms with Gasteiger partial charge in [-0.25, -0.2) is 0 Å². The highest BCUT2D eigenvalue weighted by molar-refractivity contribution is 6.31. The number of aromatic nitrogens is 3. The molecule has 1 aromatic carbocycles. The van der Waals surface area contributed by atoms with Crippen molar-refractivity contribution in [1.29, 1.82) is 0 Å². The van der Waals surface area contributed by atoms with Crippen LogP contribution in [-0.4, -0.2) is 32.6 Å². The van der Waals surface area contributed by atoms with E-state index in [0.29, 0.717) is 10.7 Å². The van der Waals surface area contributed by atoms with Crippen LogP contribution in [0.1, 0.15) is 16.1 Å². The van der Waals surface area contributed by atoms with E-state index < -0.39 is 18.6 Å². The van der Waals surface area contributed by atoms with Gasteiger partial charge >= 0.3 is 6.05 Å². The number of aliphatic hydroxyl groups excluding tert-OH is 1. The first kappa shape index (κ1) is 15.3. The van der Waals surface area contributed by atoms with Crippen LogP contribution in [-0.2, 0) is 6.05 Å². The molecule has 0 saturated carbocycles. The van der Waals surface area contributed by atoms with Crippen molar-refractivity contribution in [2.24, 2.45) is 0 Å². The number of hydrogen-bond donors (Lipinski definition) is 2. The number of aliphatic hydroxyl groups is 1. The first-order valence-electron chi connectivity index (χ1n) is 5.82. The van der Waals surface area contributed by atoms with E-state index in [1.54, 1.807) is 19.1 Å². The maximum Gasteiger partial charge on any atom is 0.367 e. The fourth-order valence-electron chi connectivity index (χ4n) is 1.47. The van der Waals surface area contributed by atoms with E-state index in [2.05, 4.69) is 15.6 Å². The average Bonchev–Trinajstić information content (AvgIpc) is 2.93. The van der Waals surface area contributed by atoms with Crippen molar-refractivity contribution < 1.29 is 18.7 Å². The third kappa shape index (κ3) is 3.34. The quantitative estimate of drug-likeness (QED) is 0.904. The van der Waals surface area contributed by atoms with E-state index in [-0.39, 0.29) is 10.4 Å².